The number of aromatic nitrogens is 3. The molecule has 140 valence electrons. The SMILES string of the molecule is Cc1cccc(-n2nnc(C(=O)N(C)CCOc3ccc(Cl)cc3)c2C)c1. The molecule has 0 aliphatic rings. The molecule has 0 saturated carbocycles. The fourth-order valence-electron chi connectivity index (χ4n) is 2.65. The molecule has 0 atom stereocenters. The average Bonchev–Trinajstić information content (AvgIpc) is 3.04. The number of amides is 1. The van der Waals surface area contributed by atoms with Crippen molar-refractivity contribution < 1.29 is 9.53 Å². The summed E-state index contributed by atoms with van der Waals surface area (Å²) in [6, 6.07) is 15.0. The van der Waals surface area contributed by atoms with Gasteiger partial charge < -0.3 is 9.64 Å². The van der Waals surface area contributed by atoms with E-state index in [1.807, 2.05) is 38.1 Å². The number of benzene rings is 2. The molecule has 0 radical (unpaired) electrons. The topological polar surface area (TPSA) is 60.2 Å². The zero-order valence-corrected chi connectivity index (χ0v) is 16.3. The Morgan fingerprint density at radius 3 is 2.63 bits per heavy atom. The number of rotatable bonds is 6. The van der Waals surface area contributed by atoms with Crippen molar-refractivity contribution in [3.8, 4) is 11.4 Å². The van der Waals surface area contributed by atoms with Crippen LogP contribution in [0, 0.1) is 13.8 Å². The third kappa shape index (κ3) is 4.46. The minimum atomic E-state index is -0.189. The van der Waals surface area contributed by atoms with Crippen LogP contribution in [-0.4, -0.2) is 46.0 Å². The highest BCUT2D eigenvalue weighted by Crippen LogP contribution is 2.16. The van der Waals surface area contributed by atoms with Gasteiger partial charge in [-0.05, 0) is 55.8 Å². The molecule has 3 rings (SSSR count). The summed E-state index contributed by atoms with van der Waals surface area (Å²) in [7, 11) is 1.72. The van der Waals surface area contributed by atoms with E-state index in [1.165, 1.54) is 0 Å². The quantitative estimate of drug-likeness (QED) is 0.650. The van der Waals surface area contributed by atoms with Crippen molar-refractivity contribution in [3.05, 3.63) is 70.5 Å². The van der Waals surface area contributed by atoms with Crippen molar-refractivity contribution in [3.63, 3.8) is 0 Å². The summed E-state index contributed by atoms with van der Waals surface area (Å²) in [5.41, 5.74) is 3.04. The molecular weight excluding hydrogens is 364 g/mol. The molecule has 0 bridgehead atoms. The minimum Gasteiger partial charge on any atom is -0.492 e. The molecule has 0 aliphatic carbocycles. The lowest BCUT2D eigenvalue weighted by atomic mass is 10.2. The lowest BCUT2D eigenvalue weighted by molar-refractivity contribution is 0.0767. The summed E-state index contributed by atoms with van der Waals surface area (Å²) in [5.74, 6) is 0.521. The summed E-state index contributed by atoms with van der Waals surface area (Å²) in [5, 5.41) is 8.88. The van der Waals surface area contributed by atoms with Gasteiger partial charge >= 0.3 is 0 Å². The molecule has 7 heteroatoms. The van der Waals surface area contributed by atoms with Crippen LogP contribution in [0.25, 0.3) is 5.69 Å². The van der Waals surface area contributed by atoms with E-state index in [1.54, 1.807) is 40.9 Å². The molecule has 1 heterocycles. The number of aryl methyl sites for hydroxylation is 1. The van der Waals surface area contributed by atoms with Crippen LogP contribution in [0.4, 0.5) is 0 Å². The van der Waals surface area contributed by atoms with E-state index in [9.17, 15) is 4.79 Å². The first-order valence-corrected chi connectivity index (χ1v) is 8.96. The molecule has 1 aromatic heterocycles. The zero-order valence-electron chi connectivity index (χ0n) is 15.5. The lowest BCUT2D eigenvalue weighted by Gasteiger charge is -2.16. The van der Waals surface area contributed by atoms with Gasteiger partial charge in [0.25, 0.3) is 5.91 Å². The molecule has 0 aliphatic heterocycles. The van der Waals surface area contributed by atoms with Crippen molar-refractivity contribution in [2.45, 2.75) is 13.8 Å². The molecule has 0 unspecified atom stereocenters. The predicted octanol–water partition coefficient (Wildman–Crippen LogP) is 3.69. The van der Waals surface area contributed by atoms with Gasteiger partial charge in [0.15, 0.2) is 5.69 Å². The van der Waals surface area contributed by atoms with E-state index < -0.39 is 0 Å². The Bertz CT molecular complexity index is 937. The smallest absolute Gasteiger partial charge is 0.276 e. The molecule has 0 saturated heterocycles. The number of ether oxygens (including phenoxy) is 1. The van der Waals surface area contributed by atoms with E-state index in [2.05, 4.69) is 10.3 Å². The van der Waals surface area contributed by atoms with Gasteiger partial charge in [-0.2, -0.15) is 0 Å². The van der Waals surface area contributed by atoms with Gasteiger partial charge in [-0.3, -0.25) is 4.79 Å². The first kappa shape index (κ1) is 18.9. The van der Waals surface area contributed by atoms with Crippen molar-refractivity contribution in [2.24, 2.45) is 0 Å². The highest BCUT2D eigenvalue weighted by atomic mass is 35.5. The van der Waals surface area contributed by atoms with Gasteiger partial charge in [0, 0.05) is 12.1 Å². The molecular formula is C20H21ClN4O2. The Labute approximate surface area is 163 Å². The standard InChI is InChI=1S/C20H21ClN4O2/c1-14-5-4-6-17(13-14)25-15(2)19(22-23-25)20(26)24(3)11-12-27-18-9-7-16(21)8-10-18/h4-10,13H,11-12H2,1-3H3. The number of hydrogen-bond acceptors (Lipinski definition) is 4. The second-order valence-electron chi connectivity index (χ2n) is 6.30. The summed E-state index contributed by atoms with van der Waals surface area (Å²) in [6.45, 7) is 4.65. The van der Waals surface area contributed by atoms with Crippen LogP contribution >= 0.6 is 11.6 Å². The Morgan fingerprint density at radius 1 is 1.19 bits per heavy atom. The normalized spacial score (nSPS) is 10.7. The first-order chi connectivity index (χ1) is 13.0. The Hall–Kier alpha value is -2.86. The number of carbonyl (C=O) groups excluding carboxylic acids is 1. The fraction of sp³-hybridized carbons (Fsp3) is 0.250. The Kier molecular flexibility index (Phi) is 5.76. The minimum absolute atomic E-state index is 0.189. The van der Waals surface area contributed by atoms with E-state index >= 15 is 0 Å². The van der Waals surface area contributed by atoms with E-state index in [0.29, 0.717) is 35.3 Å². The summed E-state index contributed by atoms with van der Waals surface area (Å²) in [6.07, 6.45) is 0. The van der Waals surface area contributed by atoms with Crippen LogP contribution in [0.15, 0.2) is 48.5 Å². The highest BCUT2D eigenvalue weighted by Gasteiger charge is 2.20. The van der Waals surface area contributed by atoms with Crippen molar-refractivity contribution >= 4 is 17.5 Å². The predicted molar refractivity (Wildman–Crippen MR) is 105 cm³/mol. The van der Waals surface area contributed by atoms with Gasteiger partial charge in [-0.25, -0.2) is 4.68 Å². The molecule has 2 aromatic carbocycles. The van der Waals surface area contributed by atoms with Gasteiger partial charge in [-0.15, -0.1) is 5.10 Å². The second kappa shape index (κ2) is 8.22. The van der Waals surface area contributed by atoms with Crippen LogP contribution in [0.5, 0.6) is 5.75 Å². The van der Waals surface area contributed by atoms with Crippen molar-refractivity contribution in [1.82, 2.24) is 19.9 Å². The molecule has 3 aromatic rings. The molecule has 0 N–H and O–H groups in total. The maximum Gasteiger partial charge on any atom is 0.276 e. The van der Waals surface area contributed by atoms with Crippen LogP contribution < -0.4 is 4.74 Å². The second-order valence-corrected chi connectivity index (χ2v) is 6.74. The zero-order chi connectivity index (χ0) is 19.4. The Balaban J connectivity index is 1.64. The number of halogens is 1. The van der Waals surface area contributed by atoms with Crippen LogP contribution in [-0.2, 0) is 0 Å². The monoisotopic (exact) mass is 384 g/mol. The maximum absolute atomic E-state index is 12.7. The van der Waals surface area contributed by atoms with Gasteiger partial charge in [0.05, 0.1) is 17.9 Å². The molecule has 0 spiro atoms. The molecule has 6 nitrogen and oxygen atoms in total. The Morgan fingerprint density at radius 2 is 1.93 bits per heavy atom. The fourth-order valence-corrected chi connectivity index (χ4v) is 2.77. The lowest BCUT2D eigenvalue weighted by Crippen LogP contribution is -2.31. The average molecular weight is 385 g/mol. The first-order valence-electron chi connectivity index (χ1n) is 8.59. The van der Waals surface area contributed by atoms with E-state index in [0.717, 1.165) is 11.3 Å². The largest absolute Gasteiger partial charge is 0.492 e. The van der Waals surface area contributed by atoms with Crippen LogP contribution in [0.1, 0.15) is 21.7 Å². The van der Waals surface area contributed by atoms with E-state index in [-0.39, 0.29) is 5.91 Å². The summed E-state index contributed by atoms with van der Waals surface area (Å²) >= 11 is 5.85. The van der Waals surface area contributed by atoms with Gasteiger partial charge in [0.1, 0.15) is 12.4 Å². The third-order valence-electron chi connectivity index (χ3n) is 4.20. The molecule has 0 fully saturated rings. The van der Waals surface area contributed by atoms with E-state index in [4.69, 9.17) is 16.3 Å². The number of nitrogens with zero attached hydrogens (tertiary/aromatic N) is 4. The number of carbonyl (C=O) groups is 1. The van der Waals surface area contributed by atoms with Crippen molar-refractivity contribution in [2.75, 3.05) is 20.2 Å². The summed E-state index contributed by atoms with van der Waals surface area (Å²) in [4.78, 5) is 14.3. The van der Waals surface area contributed by atoms with Gasteiger partial charge in [0.2, 0.25) is 0 Å². The number of likely N-dealkylation sites (N-methyl/N-ethyl adjacent to an activating group) is 1. The summed E-state index contributed by atoms with van der Waals surface area (Å²) < 4.78 is 7.32. The van der Waals surface area contributed by atoms with Gasteiger partial charge in [-0.1, -0.05) is 28.9 Å². The van der Waals surface area contributed by atoms with Crippen molar-refractivity contribution in [1.29, 1.82) is 0 Å². The molecule has 1 amide bonds. The number of hydrogen-bond donors (Lipinski definition) is 0. The van der Waals surface area contributed by atoms with Crippen LogP contribution in [0.3, 0.4) is 0 Å². The maximum atomic E-state index is 12.7. The third-order valence-corrected chi connectivity index (χ3v) is 4.45. The molecule has 27 heavy (non-hydrogen) atoms. The highest BCUT2D eigenvalue weighted by molar-refractivity contribution is 6.30. The van der Waals surface area contributed by atoms with Crippen LogP contribution in [0.2, 0.25) is 5.02 Å².